The minimum Gasteiger partial charge on any atom is -0.356 e. The highest BCUT2D eigenvalue weighted by Gasteiger charge is 2.29. The lowest BCUT2D eigenvalue weighted by molar-refractivity contribution is -0.117. The molecule has 31 heavy (non-hydrogen) atoms. The number of rotatable bonds is 6. The molecule has 7 nitrogen and oxygen atoms in total. The molecule has 166 valence electrons. The van der Waals surface area contributed by atoms with Crippen LogP contribution in [0.3, 0.4) is 0 Å². The molecule has 0 N–H and O–H groups in total. The molecule has 0 atom stereocenters. The summed E-state index contributed by atoms with van der Waals surface area (Å²) in [4.78, 5) is 14.7. The van der Waals surface area contributed by atoms with Gasteiger partial charge in [0.2, 0.25) is 5.78 Å². The van der Waals surface area contributed by atoms with Crippen molar-refractivity contribution >= 4 is 22.6 Å². The third kappa shape index (κ3) is 4.27. The maximum atomic E-state index is 5.39. The molecule has 3 aromatic rings. The van der Waals surface area contributed by atoms with E-state index in [4.69, 9.17) is 19.4 Å². The van der Waals surface area contributed by atoms with Crippen LogP contribution in [-0.2, 0) is 9.47 Å². The largest absolute Gasteiger partial charge is 0.356 e. The molecule has 7 heteroatoms. The topological polar surface area (TPSA) is 55.1 Å². The summed E-state index contributed by atoms with van der Waals surface area (Å²) >= 11 is 0. The smallest absolute Gasteiger partial charge is 0.236 e. The SMILES string of the molecule is COC(CC1CCN(C2CCN(c3ccn4c(n3)nc3ccccc34)CC2)CC1)OC. The number of methoxy groups -OCH3 is 2. The van der Waals surface area contributed by atoms with E-state index in [1.165, 1.54) is 38.8 Å². The highest BCUT2D eigenvalue weighted by molar-refractivity contribution is 5.79. The van der Waals surface area contributed by atoms with Crippen molar-refractivity contribution in [2.45, 2.75) is 44.4 Å². The Balaban J connectivity index is 1.17. The molecule has 2 aliphatic heterocycles. The Labute approximate surface area is 184 Å². The van der Waals surface area contributed by atoms with Crippen LogP contribution in [0.15, 0.2) is 36.5 Å². The Bertz CT molecular complexity index is 1000. The molecule has 0 spiro atoms. The first-order chi connectivity index (χ1) is 15.2. The van der Waals surface area contributed by atoms with Crippen LogP contribution in [0.1, 0.15) is 32.1 Å². The van der Waals surface area contributed by atoms with Crippen LogP contribution in [-0.4, -0.2) is 72.0 Å². The number of anilines is 1. The second-order valence-corrected chi connectivity index (χ2v) is 8.89. The molecule has 5 rings (SSSR count). The molecule has 1 aromatic carbocycles. The number of hydrogen-bond donors (Lipinski definition) is 0. The second kappa shape index (κ2) is 9.10. The molecular weight excluding hydrogens is 390 g/mol. The van der Waals surface area contributed by atoms with Crippen LogP contribution in [0.25, 0.3) is 16.8 Å². The summed E-state index contributed by atoms with van der Waals surface area (Å²) in [5, 5.41) is 0. The third-order valence-electron chi connectivity index (χ3n) is 7.17. The third-order valence-corrected chi connectivity index (χ3v) is 7.17. The van der Waals surface area contributed by atoms with Crippen molar-refractivity contribution in [1.82, 2.24) is 19.3 Å². The molecule has 0 saturated carbocycles. The Kier molecular flexibility index (Phi) is 6.07. The zero-order valence-electron chi connectivity index (χ0n) is 18.6. The number of benzene rings is 1. The minimum atomic E-state index is -0.0581. The number of para-hydroxylation sites is 2. The van der Waals surface area contributed by atoms with E-state index in [1.807, 2.05) is 18.2 Å². The highest BCUT2D eigenvalue weighted by atomic mass is 16.7. The standard InChI is InChI=1S/C24H33N5O2/c1-30-23(31-2)17-18-7-12-27(13-8-18)19-9-14-28(15-10-19)22-11-16-29-21-6-4-3-5-20(21)25-24(29)26-22/h3-6,11,16,18-19,23H,7-10,12-15,17H2,1-2H3. The average molecular weight is 424 g/mol. The van der Waals surface area contributed by atoms with Gasteiger partial charge in [0.15, 0.2) is 6.29 Å². The number of nitrogens with zero attached hydrogens (tertiary/aromatic N) is 5. The minimum absolute atomic E-state index is 0.0581. The molecule has 0 aliphatic carbocycles. The van der Waals surface area contributed by atoms with Crippen LogP contribution >= 0.6 is 0 Å². The fourth-order valence-corrected chi connectivity index (χ4v) is 5.29. The van der Waals surface area contributed by atoms with Crippen LogP contribution < -0.4 is 4.90 Å². The molecule has 4 heterocycles. The number of aromatic nitrogens is 3. The van der Waals surface area contributed by atoms with Crippen LogP contribution in [0, 0.1) is 5.92 Å². The van der Waals surface area contributed by atoms with Gasteiger partial charge >= 0.3 is 0 Å². The summed E-state index contributed by atoms with van der Waals surface area (Å²) in [7, 11) is 3.47. The van der Waals surface area contributed by atoms with Crippen molar-refractivity contribution in [1.29, 1.82) is 0 Å². The Hall–Kier alpha value is -2.22. The van der Waals surface area contributed by atoms with E-state index in [1.54, 1.807) is 14.2 Å². The van der Waals surface area contributed by atoms with Gasteiger partial charge in [-0.15, -0.1) is 0 Å². The molecule has 2 fully saturated rings. The molecule has 2 aromatic heterocycles. The maximum Gasteiger partial charge on any atom is 0.236 e. The van der Waals surface area contributed by atoms with E-state index in [0.29, 0.717) is 12.0 Å². The van der Waals surface area contributed by atoms with Crippen molar-refractivity contribution in [3.8, 4) is 0 Å². The molecule has 0 amide bonds. The van der Waals surface area contributed by atoms with Crippen molar-refractivity contribution in [3.63, 3.8) is 0 Å². The number of fused-ring (bicyclic) bond motifs is 3. The summed E-state index contributed by atoms with van der Waals surface area (Å²) in [5.41, 5.74) is 2.11. The van der Waals surface area contributed by atoms with E-state index in [2.05, 4.69) is 32.5 Å². The molecule has 2 aliphatic rings. The van der Waals surface area contributed by atoms with E-state index in [0.717, 1.165) is 42.1 Å². The zero-order valence-corrected chi connectivity index (χ0v) is 18.6. The maximum absolute atomic E-state index is 5.39. The lowest BCUT2D eigenvalue weighted by atomic mass is 9.91. The van der Waals surface area contributed by atoms with E-state index in [9.17, 15) is 0 Å². The predicted octanol–water partition coefficient (Wildman–Crippen LogP) is 3.57. The second-order valence-electron chi connectivity index (χ2n) is 8.89. The van der Waals surface area contributed by atoms with Gasteiger partial charge in [-0.05, 0) is 62.9 Å². The number of imidazole rings is 1. The van der Waals surface area contributed by atoms with Gasteiger partial charge in [0.25, 0.3) is 0 Å². The number of likely N-dealkylation sites (tertiary alicyclic amines) is 1. The van der Waals surface area contributed by atoms with E-state index in [-0.39, 0.29) is 6.29 Å². The van der Waals surface area contributed by atoms with Crippen molar-refractivity contribution in [3.05, 3.63) is 36.5 Å². The predicted molar refractivity (Wildman–Crippen MR) is 122 cm³/mol. The van der Waals surface area contributed by atoms with Crippen LogP contribution in [0.4, 0.5) is 5.82 Å². The first-order valence-corrected chi connectivity index (χ1v) is 11.5. The summed E-state index contributed by atoms with van der Waals surface area (Å²) < 4.78 is 12.9. The Morgan fingerprint density at radius 3 is 2.42 bits per heavy atom. The summed E-state index contributed by atoms with van der Waals surface area (Å²) in [6.07, 6.45) is 7.95. The van der Waals surface area contributed by atoms with Gasteiger partial charge < -0.3 is 19.3 Å². The molecule has 0 bridgehead atoms. The summed E-state index contributed by atoms with van der Waals surface area (Å²) in [5.74, 6) is 2.54. The van der Waals surface area contributed by atoms with Crippen molar-refractivity contribution in [2.24, 2.45) is 5.92 Å². The van der Waals surface area contributed by atoms with Gasteiger partial charge in [0, 0.05) is 46.0 Å². The van der Waals surface area contributed by atoms with Gasteiger partial charge in [-0.1, -0.05) is 12.1 Å². The molecule has 0 unspecified atom stereocenters. The Morgan fingerprint density at radius 2 is 1.68 bits per heavy atom. The lowest BCUT2D eigenvalue weighted by Crippen LogP contribution is -2.48. The molecule has 2 saturated heterocycles. The fraction of sp³-hybridized carbons (Fsp3) is 0.583. The number of hydrogen-bond acceptors (Lipinski definition) is 6. The van der Waals surface area contributed by atoms with E-state index < -0.39 is 0 Å². The number of ether oxygens (including phenoxy) is 2. The summed E-state index contributed by atoms with van der Waals surface area (Å²) in [6.45, 7) is 4.51. The van der Waals surface area contributed by atoms with Gasteiger partial charge in [-0.25, -0.2) is 4.98 Å². The first-order valence-electron chi connectivity index (χ1n) is 11.5. The van der Waals surface area contributed by atoms with Crippen LogP contribution in [0.2, 0.25) is 0 Å². The van der Waals surface area contributed by atoms with Crippen molar-refractivity contribution < 1.29 is 9.47 Å². The highest BCUT2D eigenvalue weighted by Crippen LogP contribution is 2.28. The normalized spacial score (nSPS) is 19.8. The van der Waals surface area contributed by atoms with Gasteiger partial charge in [-0.2, -0.15) is 4.98 Å². The molecule has 0 radical (unpaired) electrons. The molecular formula is C24H33N5O2. The fourth-order valence-electron chi connectivity index (χ4n) is 5.29. The van der Waals surface area contributed by atoms with Gasteiger partial charge in [0.1, 0.15) is 5.82 Å². The average Bonchev–Trinajstić information content (AvgIpc) is 3.21. The van der Waals surface area contributed by atoms with E-state index >= 15 is 0 Å². The van der Waals surface area contributed by atoms with Crippen molar-refractivity contribution in [2.75, 3.05) is 45.3 Å². The first kappa shape index (κ1) is 20.7. The van der Waals surface area contributed by atoms with Gasteiger partial charge in [-0.3, -0.25) is 4.40 Å². The summed E-state index contributed by atoms with van der Waals surface area (Å²) in [6, 6.07) is 11.0. The van der Waals surface area contributed by atoms with Gasteiger partial charge in [0.05, 0.1) is 11.0 Å². The quantitative estimate of drug-likeness (QED) is 0.565. The van der Waals surface area contributed by atoms with Crippen LogP contribution in [0.5, 0.6) is 0 Å². The Morgan fingerprint density at radius 1 is 0.935 bits per heavy atom. The monoisotopic (exact) mass is 423 g/mol. The number of piperidine rings is 2. The zero-order chi connectivity index (χ0) is 21.2. The lowest BCUT2D eigenvalue weighted by Gasteiger charge is -2.42.